The fourth-order valence-electron chi connectivity index (χ4n) is 2.38. The molecule has 0 saturated heterocycles. The average Bonchev–Trinajstić information content (AvgIpc) is 2.77. The van der Waals surface area contributed by atoms with Crippen molar-refractivity contribution in [1.82, 2.24) is 9.47 Å². The van der Waals surface area contributed by atoms with E-state index in [1.165, 1.54) is 0 Å². The highest BCUT2D eigenvalue weighted by molar-refractivity contribution is 9.10. The third-order valence-corrected chi connectivity index (χ3v) is 4.42. The Balaban J connectivity index is 1.85. The largest absolute Gasteiger partial charge is 0.421 e. The van der Waals surface area contributed by atoms with Crippen LogP contribution in [0.4, 0.5) is 0 Å². The summed E-state index contributed by atoms with van der Waals surface area (Å²) in [6.07, 6.45) is 0. The molecule has 0 spiro atoms. The van der Waals surface area contributed by atoms with Crippen LogP contribution in [0.15, 0.2) is 56.1 Å². The minimum absolute atomic E-state index is 0.378. The summed E-state index contributed by atoms with van der Waals surface area (Å²) >= 11 is 9.46. The van der Waals surface area contributed by atoms with Gasteiger partial charge in [-0.25, -0.2) is 4.79 Å². The highest BCUT2D eigenvalue weighted by Gasteiger charge is 2.12. The Morgan fingerprint density at radius 1 is 1.27 bits per heavy atom. The summed E-state index contributed by atoms with van der Waals surface area (Å²) in [6.45, 7) is 1.16. The van der Waals surface area contributed by atoms with Gasteiger partial charge >= 0.3 is 5.76 Å². The Labute approximate surface area is 141 Å². The molecule has 0 amide bonds. The van der Waals surface area contributed by atoms with Crippen molar-refractivity contribution < 1.29 is 4.42 Å². The van der Waals surface area contributed by atoms with Crippen LogP contribution in [0, 0.1) is 0 Å². The molecule has 0 unspecified atom stereocenters. The molecule has 114 valence electrons. The van der Waals surface area contributed by atoms with Crippen LogP contribution in [0.5, 0.6) is 0 Å². The lowest BCUT2D eigenvalue weighted by Gasteiger charge is -2.17. The Bertz CT molecular complexity index is 872. The molecule has 0 aliphatic carbocycles. The molecule has 0 bridgehead atoms. The number of oxazole rings is 1. The SMILES string of the molecule is CN(Cc1ccccc1Br)Cn1c(=O)oc2cc(Cl)ccc21. The van der Waals surface area contributed by atoms with E-state index in [2.05, 4.69) is 22.0 Å². The fourth-order valence-corrected chi connectivity index (χ4v) is 2.96. The highest BCUT2D eigenvalue weighted by atomic mass is 79.9. The van der Waals surface area contributed by atoms with Gasteiger partial charge < -0.3 is 4.42 Å². The normalized spacial score (nSPS) is 11.5. The van der Waals surface area contributed by atoms with Crippen molar-refractivity contribution in [2.75, 3.05) is 7.05 Å². The van der Waals surface area contributed by atoms with E-state index in [1.54, 1.807) is 22.8 Å². The van der Waals surface area contributed by atoms with Gasteiger partial charge in [0.25, 0.3) is 0 Å². The predicted molar refractivity (Wildman–Crippen MR) is 91.1 cm³/mol. The third kappa shape index (κ3) is 3.11. The second kappa shape index (κ2) is 6.28. The highest BCUT2D eigenvalue weighted by Crippen LogP contribution is 2.20. The standard InChI is InChI=1S/C16H14BrClN2O2/c1-19(9-11-4-2-3-5-13(11)17)10-20-14-7-6-12(18)8-15(14)22-16(20)21/h2-8H,9-10H2,1H3. The number of hydrogen-bond acceptors (Lipinski definition) is 3. The molecule has 1 heterocycles. The molecule has 0 aliphatic heterocycles. The molecular weight excluding hydrogens is 368 g/mol. The summed E-state index contributed by atoms with van der Waals surface area (Å²) in [5.41, 5.74) is 2.41. The summed E-state index contributed by atoms with van der Waals surface area (Å²) in [4.78, 5) is 14.1. The van der Waals surface area contributed by atoms with Gasteiger partial charge in [-0.3, -0.25) is 9.47 Å². The van der Waals surface area contributed by atoms with Gasteiger partial charge in [-0.1, -0.05) is 45.7 Å². The van der Waals surface area contributed by atoms with Gasteiger partial charge in [0.2, 0.25) is 0 Å². The lowest BCUT2D eigenvalue weighted by molar-refractivity contribution is 0.253. The smallest absolute Gasteiger partial charge is 0.408 e. The number of nitrogens with zero attached hydrogens (tertiary/aromatic N) is 2. The van der Waals surface area contributed by atoms with Crippen molar-refractivity contribution in [3.05, 3.63) is 68.1 Å². The summed E-state index contributed by atoms with van der Waals surface area (Å²) in [7, 11) is 1.96. The minimum atomic E-state index is -0.378. The van der Waals surface area contributed by atoms with Crippen molar-refractivity contribution >= 4 is 38.6 Å². The van der Waals surface area contributed by atoms with Crippen LogP contribution in [-0.4, -0.2) is 16.5 Å². The molecule has 3 aromatic rings. The van der Waals surface area contributed by atoms with Crippen LogP contribution in [0.25, 0.3) is 11.1 Å². The zero-order valence-electron chi connectivity index (χ0n) is 11.9. The van der Waals surface area contributed by atoms with E-state index in [1.807, 2.05) is 30.1 Å². The van der Waals surface area contributed by atoms with Crippen LogP contribution in [0.3, 0.4) is 0 Å². The molecule has 2 aromatic carbocycles. The molecule has 1 aromatic heterocycles. The van der Waals surface area contributed by atoms with Crippen molar-refractivity contribution in [2.24, 2.45) is 0 Å². The maximum Gasteiger partial charge on any atom is 0.421 e. The summed E-state index contributed by atoms with van der Waals surface area (Å²) < 4.78 is 7.90. The molecule has 0 N–H and O–H groups in total. The van der Waals surface area contributed by atoms with Gasteiger partial charge in [-0.05, 0) is 30.8 Å². The topological polar surface area (TPSA) is 38.4 Å². The summed E-state index contributed by atoms with van der Waals surface area (Å²) in [5.74, 6) is -0.378. The second-order valence-corrected chi connectivity index (χ2v) is 6.45. The van der Waals surface area contributed by atoms with Crippen molar-refractivity contribution in [3.63, 3.8) is 0 Å². The van der Waals surface area contributed by atoms with E-state index in [0.717, 1.165) is 15.6 Å². The van der Waals surface area contributed by atoms with Crippen LogP contribution in [0.1, 0.15) is 5.56 Å². The third-order valence-electron chi connectivity index (χ3n) is 3.41. The van der Waals surface area contributed by atoms with Gasteiger partial charge in [-0.15, -0.1) is 0 Å². The molecule has 22 heavy (non-hydrogen) atoms. The number of hydrogen-bond donors (Lipinski definition) is 0. The minimum Gasteiger partial charge on any atom is -0.408 e. The van der Waals surface area contributed by atoms with E-state index >= 15 is 0 Å². The number of fused-ring (bicyclic) bond motifs is 1. The van der Waals surface area contributed by atoms with Gasteiger partial charge in [0, 0.05) is 22.1 Å². The Morgan fingerprint density at radius 3 is 2.82 bits per heavy atom. The van der Waals surface area contributed by atoms with Crippen LogP contribution >= 0.6 is 27.5 Å². The first-order valence-corrected chi connectivity index (χ1v) is 7.92. The molecule has 6 heteroatoms. The molecular formula is C16H14BrClN2O2. The number of halogens is 2. The maximum atomic E-state index is 12.0. The van der Waals surface area contributed by atoms with Crippen LogP contribution < -0.4 is 5.76 Å². The van der Waals surface area contributed by atoms with Crippen molar-refractivity contribution in [1.29, 1.82) is 0 Å². The first-order valence-electron chi connectivity index (χ1n) is 6.75. The maximum absolute atomic E-state index is 12.0. The number of rotatable bonds is 4. The zero-order chi connectivity index (χ0) is 15.7. The van der Waals surface area contributed by atoms with E-state index < -0.39 is 0 Å². The summed E-state index contributed by atoms with van der Waals surface area (Å²) in [5, 5.41) is 0.551. The fraction of sp³-hybridized carbons (Fsp3) is 0.188. The zero-order valence-corrected chi connectivity index (χ0v) is 14.3. The molecule has 0 aliphatic rings. The molecule has 0 saturated carbocycles. The average molecular weight is 382 g/mol. The van der Waals surface area contributed by atoms with Crippen molar-refractivity contribution in [2.45, 2.75) is 13.2 Å². The Morgan fingerprint density at radius 2 is 2.05 bits per heavy atom. The van der Waals surface area contributed by atoms with Crippen LogP contribution in [0.2, 0.25) is 5.02 Å². The predicted octanol–water partition coefficient (Wildman–Crippen LogP) is 4.10. The Kier molecular flexibility index (Phi) is 4.38. The van der Waals surface area contributed by atoms with E-state index in [0.29, 0.717) is 23.8 Å². The second-order valence-electron chi connectivity index (χ2n) is 5.16. The molecule has 0 fully saturated rings. The van der Waals surface area contributed by atoms with E-state index in [4.69, 9.17) is 16.0 Å². The van der Waals surface area contributed by atoms with Gasteiger partial charge in [0.1, 0.15) is 0 Å². The summed E-state index contributed by atoms with van der Waals surface area (Å²) in [6, 6.07) is 13.2. The molecule has 0 radical (unpaired) electrons. The lowest BCUT2D eigenvalue weighted by Crippen LogP contribution is -2.27. The quantitative estimate of drug-likeness (QED) is 0.683. The number of benzene rings is 2. The molecule has 0 atom stereocenters. The van der Waals surface area contributed by atoms with Crippen LogP contribution in [-0.2, 0) is 13.2 Å². The first-order chi connectivity index (χ1) is 10.5. The van der Waals surface area contributed by atoms with E-state index in [-0.39, 0.29) is 5.76 Å². The van der Waals surface area contributed by atoms with Gasteiger partial charge in [0.05, 0.1) is 12.2 Å². The van der Waals surface area contributed by atoms with E-state index in [9.17, 15) is 4.79 Å². The Hall–Kier alpha value is -1.56. The van der Waals surface area contributed by atoms with Gasteiger partial charge in [0.15, 0.2) is 5.58 Å². The molecule has 3 rings (SSSR count). The molecule has 4 nitrogen and oxygen atoms in total. The lowest BCUT2D eigenvalue weighted by atomic mass is 10.2. The first kappa shape index (κ1) is 15.3. The van der Waals surface area contributed by atoms with Crippen molar-refractivity contribution in [3.8, 4) is 0 Å². The number of aromatic nitrogens is 1. The van der Waals surface area contributed by atoms with Gasteiger partial charge in [-0.2, -0.15) is 0 Å². The monoisotopic (exact) mass is 380 g/mol.